The number of benzene rings is 1. The Morgan fingerprint density at radius 1 is 1.20 bits per heavy atom. The number of phenolic OH excluding ortho intramolecular Hbond substituents is 1. The smallest absolute Gasteiger partial charge is 0.174 e. The molecule has 5 unspecified atom stereocenters. The van der Waals surface area contributed by atoms with Gasteiger partial charge in [0.15, 0.2) is 5.79 Å². The number of aromatic nitrogens is 3. The third kappa shape index (κ3) is 3.92. The Kier molecular flexibility index (Phi) is 5.96. The lowest BCUT2D eigenvalue weighted by Gasteiger charge is -2.53. The second kappa shape index (κ2) is 8.88. The lowest BCUT2D eigenvalue weighted by atomic mass is 9.53. The normalized spacial score (nSPS) is 33.1. The molecule has 1 aromatic carbocycles. The summed E-state index contributed by atoms with van der Waals surface area (Å²) in [4.78, 5) is 0. The Balaban J connectivity index is 1.23. The van der Waals surface area contributed by atoms with Crippen LogP contribution in [-0.4, -0.2) is 39.1 Å². The molecule has 3 aliphatic carbocycles. The summed E-state index contributed by atoms with van der Waals surface area (Å²) in [6, 6.07) is 6.09. The van der Waals surface area contributed by atoms with Gasteiger partial charge in [0.2, 0.25) is 0 Å². The summed E-state index contributed by atoms with van der Waals surface area (Å²) in [6.07, 6.45) is 11.0. The molecule has 2 heterocycles. The van der Waals surface area contributed by atoms with E-state index in [9.17, 15) is 5.11 Å². The van der Waals surface area contributed by atoms with E-state index in [1.54, 1.807) is 0 Å². The summed E-state index contributed by atoms with van der Waals surface area (Å²) in [5.41, 5.74) is 4.01. The van der Waals surface area contributed by atoms with Gasteiger partial charge >= 0.3 is 0 Å². The third-order valence-electron chi connectivity index (χ3n) is 9.79. The number of aromatic hydroxyl groups is 1. The summed E-state index contributed by atoms with van der Waals surface area (Å²) in [7, 11) is 0. The van der Waals surface area contributed by atoms with Gasteiger partial charge in [0, 0.05) is 24.6 Å². The molecule has 0 amide bonds. The first-order chi connectivity index (χ1) is 16.9. The number of phenols is 1. The Morgan fingerprint density at radius 2 is 2.03 bits per heavy atom. The van der Waals surface area contributed by atoms with Crippen molar-refractivity contribution in [1.29, 1.82) is 0 Å². The Morgan fingerprint density at radius 3 is 2.83 bits per heavy atom. The Hall–Kier alpha value is -1.92. The van der Waals surface area contributed by atoms with E-state index in [4.69, 9.17) is 9.47 Å². The molecule has 1 aromatic heterocycles. The Labute approximate surface area is 209 Å². The van der Waals surface area contributed by atoms with E-state index >= 15 is 0 Å². The number of hydrogen-bond donors (Lipinski definition) is 1. The molecule has 1 saturated heterocycles. The first kappa shape index (κ1) is 23.5. The van der Waals surface area contributed by atoms with E-state index in [0.717, 1.165) is 57.6 Å². The van der Waals surface area contributed by atoms with E-state index in [1.807, 2.05) is 16.8 Å². The van der Waals surface area contributed by atoms with Crippen LogP contribution in [0.15, 0.2) is 24.4 Å². The molecular formula is C29H41N3O3. The van der Waals surface area contributed by atoms with Crippen LogP contribution in [0.5, 0.6) is 5.75 Å². The van der Waals surface area contributed by atoms with Gasteiger partial charge < -0.3 is 14.6 Å². The standard InChI is InChI=1S/C29H41N3O3/c1-19(2)15-22-18-32(31-30-22)12-4-5-21-17-29(34-13-14-35-29)28(3)11-10-25-24-9-7-23(33)16-20(24)6-8-26(25)27(21)28/h7,9,16,18-19,21,25-27,33H,4-6,8,10-15,17H2,1-3H3. The topological polar surface area (TPSA) is 69.4 Å². The van der Waals surface area contributed by atoms with Crippen LogP contribution in [0.25, 0.3) is 0 Å². The molecule has 0 radical (unpaired) electrons. The molecule has 190 valence electrons. The fraction of sp³-hybridized carbons (Fsp3) is 0.724. The van der Waals surface area contributed by atoms with Crippen LogP contribution in [0.4, 0.5) is 0 Å². The molecule has 5 atom stereocenters. The van der Waals surface area contributed by atoms with Gasteiger partial charge in [-0.15, -0.1) is 5.10 Å². The maximum absolute atomic E-state index is 10.0. The maximum Gasteiger partial charge on any atom is 0.174 e. The lowest BCUT2D eigenvalue weighted by Crippen LogP contribution is -2.51. The second-order valence-corrected chi connectivity index (χ2v) is 12.3. The number of nitrogens with zero attached hydrogens (tertiary/aromatic N) is 3. The summed E-state index contributed by atoms with van der Waals surface area (Å²) in [6.45, 7) is 9.30. The molecule has 1 spiro atoms. The van der Waals surface area contributed by atoms with Crippen molar-refractivity contribution in [3.63, 3.8) is 0 Å². The molecule has 3 fully saturated rings. The van der Waals surface area contributed by atoms with Gasteiger partial charge in [-0.25, -0.2) is 0 Å². The van der Waals surface area contributed by atoms with Crippen LogP contribution in [0, 0.1) is 29.1 Å². The van der Waals surface area contributed by atoms with Gasteiger partial charge in [0.25, 0.3) is 0 Å². The molecule has 4 aliphatic rings. The fourth-order valence-corrected chi connectivity index (χ4v) is 8.50. The summed E-state index contributed by atoms with van der Waals surface area (Å²) in [5, 5.41) is 18.8. The third-order valence-corrected chi connectivity index (χ3v) is 9.79. The number of ether oxygens (including phenoxy) is 2. The molecule has 35 heavy (non-hydrogen) atoms. The molecular weight excluding hydrogens is 438 g/mol. The first-order valence-electron chi connectivity index (χ1n) is 13.9. The summed E-state index contributed by atoms with van der Waals surface area (Å²) in [5.74, 6) is 3.05. The van der Waals surface area contributed by atoms with Crippen molar-refractivity contribution in [2.24, 2.45) is 29.1 Å². The largest absolute Gasteiger partial charge is 0.508 e. The fourth-order valence-electron chi connectivity index (χ4n) is 8.50. The van der Waals surface area contributed by atoms with Crippen molar-refractivity contribution in [3.05, 3.63) is 41.2 Å². The first-order valence-corrected chi connectivity index (χ1v) is 13.9. The highest BCUT2D eigenvalue weighted by molar-refractivity contribution is 5.40. The average Bonchev–Trinajstić information content (AvgIpc) is 3.53. The van der Waals surface area contributed by atoms with Crippen molar-refractivity contribution in [2.75, 3.05) is 13.2 Å². The molecule has 6 nitrogen and oxygen atoms in total. The molecule has 2 saturated carbocycles. The van der Waals surface area contributed by atoms with Gasteiger partial charge in [-0.05, 0) is 97.8 Å². The van der Waals surface area contributed by atoms with E-state index < -0.39 is 5.79 Å². The van der Waals surface area contributed by atoms with Crippen LogP contribution in [0.2, 0.25) is 0 Å². The highest BCUT2D eigenvalue weighted by atomic mass is 16.7. The van der Waals surface area contributed by atoms with Gasteiger partial charge in [0.1, 0.15) is 5.75 Å². The number of hydrogen-bond acceptors (Lipinski definition) is 5. The lowest BCUT2D eigenvalue weighted by molar-refractivity contribution is -0.237. The van der Waals surface area contributed by atoms with Gasteiger partial charge in [0.05, 0.1) is 18.9 Å². The predicted octanol–water partition coefficient (Wildman–Crippen LogP) is 5.49. The minimum Gasteiger partial charge on any atom is -0.508 e. The molecule has 1 N–H and O–H groups in total. The van der Waals surface area contributed by atoms with Crippen LogP contribution in [0.1, 0.15) is 82.0 Å². The second-order valence-electron chi connectivity index (χ2n) is 12.3. The molecule has 1 aliphatic heterocycles. The quantitative estimate of drug-likeness (QED) is 0.593. The van der Waals surface area contributed by atoms with E-state index in [1.165, 1.54) is 30.4 Å². The molecule has 6 heteroatoms. The Bertz CT molecular complexity index is 1060. The van der Waals surface area contributed by atoms with Crippen LogP contribution in [-0.2, 0) is 28.9 Å². The van der Waals surface area contributed by atoms with Gasteiger partial charge in [-0.1, -0.05) is 32.1 Å². The van der Waals surface area contributed by atoms with Gasteiger partial charge in [-0.2, -0.15) is 0 Å². The molecule has 2 aromatic rings. The van der Waals surface area contributed by atoms with Gasteiger partial charge in [-0.3, -0.25) is 4.68 Å². The zero-order valence-electron chi connectivity index (χ0n) is 21.6. The number of fused-ring (bicyclic) bond motifs is 6. The highest BCUT2D eigenvalue weighted by Gasteiger charge is 2.68. The zero-order valence-corrected chi connectivity index (χ0v) is 21.6. The van der Waals surface area contributed by atoms with Crippen molar-refractivity contribution in [3.8, 4) is 5.75 Å². The van der Waals surface area contributed by atoms with Crippen molar-refractivity contribution >= 4 is 0 Å². The minimum atomic E-state index is -0.403. The van der Waals surface area contributed by atoms with E-state index in [2.05, 4.69) is 43.3 Å². The average molecular weight is 480 g/mol. The minimum absolute atomic E-state index is 0.0709. The van der Waals surface area contributed by atoms with Crippen LogP contribution < -0.4 is 0 Å². The van der Waals surface area contributed by atoms with Crippen LogP contribution >= 0.6 is 0 Å². The van der Waals surface area contributed by atoms with Crippen molar-refractivity contribution < 1.29 is 14.6 Å². The monoisotopic (exact) mass is 479 g/mol. The van der Waals surface area contributed by atoms with Crippen molar-refractivity contribution in [1.82, 2.24) is 15.0 Å². The summed E-state index contributed by atoms with van der Waals surface area (Å²) >= 11 is 0. The predicted molar refractivity (Wildman–Crippen MR) is 134 cm³/mol. The highest BCUT2D eigenvalue weighted by Crippen LogP contribution is 2.68. The van der Waals surface area contributed by atoms with Crippen molar-refractivity contribution in [2.45, 2.75) is 90.4 Å². The van der Waals surface area contributed by atoms with E-state index in [0.29, 0.717) is 35.3 Å². The molecule has 6 rings (SSSR count). The zero-order chi connectivity index (χ0) is 24.2. The number of aryl methyl sites for hydroxylation is 2. The maximum atomic E-state index is 10.0. The number of rotatable bonds is 6. The SMILES string of the molecule is CC(C)Cc1cn(CCCC2CC3(OCCO3)C3(C)CCC4c5ccc(O)cc5CCC4C23)nn1. The summed E-state index contributed by atoms with van der Waals surface area (Å²) < 4.78 is 15.0. The molecule has 0 bridgehead atoms. The van der Waals surface area contributed by atoms with E-state index in [-0.39, 0.29) is 5.41 Å². The van der Waals surface area contributed by atoms with Crippen LogP contribution in [0.3, 0.4) is 0 Å².